The van der Waals surface area contributed by atoms with Crippen LogP contribution < -0.4 is 10.6 Å². The predicted octanol–water partition coefficient (Wildman–Crippen LogP) is 2.36. The Kier molecular flexibility index (Phi) is 4.50. The molecule has 0 saturated heterocycles. The molecule has 1 fully saturated rings. The molecule has 1 aromatic heterocycles. The molecule has 2 heterocycles. The molecule has 0 spiro atoms. The number of nitrogens with zero attached hydrogens (tertiary/aromatic N) is 3. The minimum Gasteiger partial charge on any atom is -0.367 e. The normalized spacial score (nSPS) is 16.7. The first-order chi connectivity index (χ1) is 12.3. The molecule has 2 N–H and O–H groups in total. The summed E-state index contributed by atoms with van der Waals surface area (Å²) in [4.78, 5) is 23.3. The lowest BCUT2D eigenvalue weighted by Crippen LogP contribution is -2.41. The van der Waals surface area contributed by atoms with Gasteiger partial charge in [-0.2, -0.15) is 0 Å². The van der Waals surface area contributed by atoms with E-state index in [-0.39, 0.29) is 6.03 Å². The summed E-state index contributed by atoms with van der Waals surface area (Å²) >= 11 is 0. The Morgan fingerprint density at radius 2 is 1.92 bits per heavy atom. The Morgan fingerprint density at radius 1 is 1.12 bits per heavy atom. The highest BCUT2D eigenvalue weighted by atomic mass is 16.2. The number of rotatable bonds is 4. The quantitative estimate of drug-likeness (QED) is 0.898. The summed E-state index contributed by atoms with van der Waals surface area (Å²) in [6, 6.07) is 10.5. The van der Waals surface area contributed by atoms with Gasteiger partial charge in [-0.3, -0.25) is 0 Å². The molecule has 0 radical (unpaired) electrons. The number of anilines is 1. The summed E-state index contributed by atoms with van der Waals surface area (Å²) in [5, 5.41) is 6.51. The molecular weight excluding hydrogens is 314 g/mol. The minimum atomic E-state index is -0.0127. The van der Waals surface area contributed by atoms with Crippen LogP contribution in [0.5, 0.6) is 0 Å². The van der Waals surface area contributed by atoms with Crippen molar-refractivity contribution in [2.45, 2.75) is 38.3 Å². The largest absolute Gasteiger partial charge is 0.367 e. The van der Waals surface area contributed by atoms with E-state index in [9.17, 15) is 4.79 Å². The fourth-order valence-corrected chi connectivity index (χ4v) is 3.16. The molecule has 0 atom stereocenters. The second-order valence-corrected chi connectivity index (χ2v) is 6.70. The third-order valence-corrected chi connectivity index (χ3v) is 4.78. The number of benzene rings is 1. The summed E-state index contributed by atoms with van der Waals surface area (Å²) in [7, 11) is 0. The highest BCUT2D eigenvalue weighted by molar-refractivity contribution is 5.74. The lowest BCUT2D eigenvalue weighted by Gasteiger charge is -2.20. The van der Waals surface area contributed by atoms with Crippen LogP contribution in [-0.4, -0.2) is 40.0 Å². The molecular formula is C19H23N5O. The van der Waals surface area contributed by atoms with Crippen LogP contribution in [0.1, 0.15) is 29.7 Å². The third-order valence-electron chi connectivity index (χ3n) is 4.78. The van der Waals surface area contributed by atoms with E-state index >= 15 is 0 Å². The molecule has 2 aliphatic rings. The highest BCUT2D eigenvalue weighted by Crippen LogP contribution is 2.27. The first-order valence-electron chi connectivity index (χ1n) is 8.95. The maximum atomic E-state index is 12.5. The maximum Gasteiger partial charge on any atom is 0.317 e. The van der Waals surface area contributed by atoms with Crippen LogP contribution in [0.2, 0.25) is 0 Å². The predicted molar refractivity (Wildman–Crippen MR) is 96.3 cm³/mol. The lowest BCUT2D eigenvalue weighted by molar-refractivity contribution is 0.200. The summed E-state index contributed by atoms with van der Waals surface area (Å²) in [5.41, 5.74) is 3.35. The van der Waals surface area contributed by atoms with Gasteiger partial charge in [-0.05, 0) is 24.8 Å². The van der Waals surface area contributed by atoms with Gasteiger partial charge in [-0.1, -0.05) is 30.3 Å². The fourth-order valence-electron chi connectivity index (χ4n) is 3.16. The zero-order chi connectivity index (χ0) is 17.1. The average molecular weight is 337 g/mol. The number of aromatic nitrogens is 2. The van der Waals surface area contributed by atoms with Crippen LogP contribution in [0.4, 0.5) is 10.6 Å². The second kappa shape index (κ2) is 7.09. The molecule has 1 aromatic carbocycles. The summed E-state index contributed by atoms with van der Waals surface area (Å²) in [6.07, 6.45) is 5.63. The monoisotopic (exact) mass is 337 g/mol. The van der Waals surface area contributed by atoms with Gasteiger partial charge in [-0.15, -0.1) is 0 Å². The van der Waals surface area contributed by atoms with Gasteiger partial charge in [0.15, 0.2) is 0 Å². The molecule has 6 heteroatoms. The number of fused-ring (bicyclic) bond motifs is 1. The zero-order valence-corrected chi connectivity index (χ0v) is 14.2. The number of hydrogen-bond acceptors (Lipinski definition) is 4. The standard InChI is InChI=1S/C19H23N5O/c25-19(20-12-14-4-2-1-3-5-14)24-10-8-16-17(9-11-24)21-13-22-18(16)23-15-6-7-15/h1-5,13,15H,6-12H2,(H,20,25)(H,21,22,23). The van der Waals surface area contributed by atoms with Crippen molar-refractivity contribution in [3.05, 3.63) is 53.5 Å². The van der Waals surface area contributed by atoms with Crippen molar-refractivity contribution in [2.75, 3.05) is 18.4 Å². The van der Waals surface area contributed by atoms with Crippen molar-refractivity contribution in [3.63, 3.8) is 0 Å². The molecule has 130 valence electrons. The first kappa shape index (κ1) is 15.9. The Bertz CT molecular complexity index is 745. The van der Waals surface area contributed by atoms with Crippen molar-refractivity contribution in [1.29, 1.82) is 0 Å². The third kappa shape index (κ3) is 3.90. The van der Waals surface area contributed by atoms with Crippen LogP contribution in [0.25, 0.3) is 0 Å². The lowest BCUT2D eigenvalue weighted by atomic mass is 10.1. The van der Waals surface area contributed by atoms with Crippen molar-refractivity contribution in [1.82, 2.24) is 20.2 Å². The van der Waals surface area contributed by atoms with Gasteiger partial charge in [-0.25, -0.2) is 14.8 Å². The smallest absolute Gasteiger partial charge is 0.317 e. The number of nitrogens with one attached hydrogen (secondary N) is 2. The Morgan fingerprint density at radius 3 is 2.72 bits per heavy atom. The van der Waals surface area contributed by atoms with Crippen molar-refractivity contribution in [3.8, 4) is 0 Å². The highest BCUT2D eigenvalue weighted by Gasteiger charge is 2.26. The van der Waals surface area contributed by atoms with E-state index in [1.54, 1.807) is 6.33 Å². The van der Waals surface area contributed by atoms with Gasteiger partial charge in [0.25, 0.3) is 0 Å². The van der Waals surface area contributed by atoms with E-state index in [4.69, 9.17) is 0 Å². The molecule has 2 aromatic rings. The molecule has 0 unspecified atom stereocenters. The molecule has 25 heavy (non-hydrogen) atoms. The van der Waals surface area contributed by atoms with Crippen LogP contribution in [0, 0.1) is 0 Å². The van der Waals surface area contributed by atoms with Crippen LogP contribution in [0.15, 0.2) is 36.7 Å². The van der Waals surface area contributed by atoms with E-state index in [2.05, 4.69) is 20.6 Å². The van der Waals surface area contributed by atoms with Gasteiger partial charge in [0, 0.05) is 37.7 Å². The Hall–Kier alpha value is -2.63. The topological polar surface area (TPSA) is 70.2 Å². The van der Waals surface area contributed by atoms with E-state index in [1.165, 1.54) is 18.4 Å². The Labute approximate surface area is 147 Å². The number of carbonyl (C=O) groups excluding carboxylic acids is 1. The van der Waals surface area contributed by atoms with Gasteiger partial charge >= 0.3 is 6.03 Å². The van der Waals surface area contributed by atoms with Crippen LogP contribution in [-0.2, 0) is 19.4 Å². The molecule has 0 bridgehead atoms. The van der Waals surface area contributed by atoms with Crippen LogP contribution >= 0.6 is 0 Å². The molecule has 6 nitrogen and oxygen atoms in total. The van der Waals surface area contributed by atoms with Gasteiger partial charge in [0.1, 0.15) is 12.1 Å². The van der Waals surface area contributed by atoms with Crippen molar-refractivity contribution < 1.29 is 4.79 Å². The summed E-state index contributed by atoms with van der Waals surface area (Å²) < 4.78 is 0. The van der Waals surface area contributed by atoms with Gasteiger partial charge < -0.3 is 15.5 Å². The molecule has 1 aliphatic carbocycles. The van der Waals surface area contributed by atoms with Gasteiger partial charge in [0.05, 0.1) is 5.69 Å². The Balaban J connectivity index is 1.38. The van der Waals surface area contributed by atoms with Gasteiger partial charge in [0.2, 0.25) is 0 Å². The molecule has 1 aliphatic heterocycles. The van der Waals surface area contributed by atoms with Crippen molar-refractivity contribution >= 4 is 11.8 Å². The summed E-state index contributed by atoms with van der Waals surface area (Å²) in [6.45, 7) is 1.94. The molecule has 2 amide bonds. The minimum absolute atomic E-state index is 0.0127. The SMILES string of the molecule is O=C(NCc1ccccc1)N1CCc2ncnc(NC3CC3)c2CC1. The fraction of sp³-hybridized carbons (Fsp3) is 0.421. The second-order valence-electron chi connectivity index (χ2n) is 6.70. The number of amides is 2. The zero-order valence-electron chi connectivity index (χ0n) is 14.2. The number of carbonyl (C=O) groups is 1. The average Bonchev–Trinajstić information content (AvgIpc) is 3.47. The maximum absolute atomic E-state index is 12.5. The first-order valence-corrected chi connectivity index (χ1v) is 8.95. The summed E-state index contributed by atoms with van der Waals surface area (Å²) in [5.74, 6) is 0.957. The van der Waals surface area contributed by atoms with E-state index < -0.39 is 0 Å². The molecule has 4 rings (SSSR count). The van der Waals surface area contributed by atoms with Crippen LogP contribution in [0.3, 0.4) is 0 Å². The number of urea groups is 1. The van der Waals surface area contributed by atoms with E-state index in [1.807, 2.05) is 35.2 Å². The number of hydrogen-bond donors (Lipinski definition) is 2. The molecule has 1 saturated carbocycles. The van der Waals surface area contributed by atoms with Crippen molar-refractivity contribution in [2.24, 2.45) is 0 Å². The van der Waals surface area contributed by atoms with E-state index in [0.717, 1.165) is 29.9 Å². The van der Waals surface area contributed by atoms with E-state index in [0.29, 0.717) is 25.7 Å².